The Kier molecular flexibility index (Phi) is 4.86. The summed E-state index contributed by atoms with van der Waals surface area (Å²) in [5.41, 5.74) is 0. The minimum atomic E-state index is -0.461. The van der Waals surface area contributed by atoms with E-state index in [1.807, 2.05) is 0 Å². The Balaban J connectivity index is 2.11. The summed E-state index contributed by atoms with van der Waals surface area (Å²) in [7, 11) is 0. The van der Waals surface area contributed by atoms with Crippen molar-refractivity contribution >= 4 is 5.91 Å². The highest BCUT2D eigenvalue weighted by Crippen LogP contribution is 1.94. The number of piperazine rings is 1. The van der Waals surface area contributed by atoms with E-state index in [9.17, 15) is 9.90 Å². The normalized spacial score (nSPS) is 20.4. The summed E-state index contributed by atoms with van der Waals surface area (Å²) in [5, 5.41) is 15.4. The molecule has 1 rings (SSSR count). The molecule has 1 atom stereocenters. The van der Waals surface area contributed by atoms with E-state index in [2.05, 4.69) is 15.5 Å². The van der Waals surface area contributed by atoms with Gasteiger partial charge in [-0.2, -0.15) is 0 Å². The van der Waals surface area contributed by atoms with Crippen molar-refractivity contribution in [2.24, 2.45) is 0 Å². The molecule has 14 heavy (non-hydrogen) atoms. The molecule has 1 unspecified atom stereocenters. The monoisotopic (exact) mass is 201 g/mol. The van der Waals surface area contributed by atoms with Crippen LogP contribution in [0.5, 0.6) is 0 Å². The molecule has 0 spiro atoms. The van der Waals surface area contributed by atoms with Crippen molar-refractivity contribution in [3.63, 3.8) is 0 Å². The van der Waals surface area contributed by atoms with Gasteiger partial charge in [-0.25, -0.2) is 0 Å². The van der Waals surface area contributed by atoms with Crippen LogP contribution in [0.4, 0.5) is 0 Å². The summed E-state index contributed by atoms with van der Waals surface area (Å²) in [5.74, 6) is -0.0932. The summed E-state index contributed by atoms with van der Waals surface area (Å²) in [6.07, 6.45) is -0.461. The zero-order chi connectivity index (χ0) is 10.4. The first-order valence-electron chi connectivity index (χ1n) is 5.04. The van der Waals surface area contributed by atoms with Crippen LogP contribution in [0.3, 0.4) is 0 Å². The molecule has 0 aromatic carbocycles. The Morgan fingerprint density at radius 2 is 2.21 bits per heavy atom. The van der Waals surface area contributed by atoms with Gasteiger partial charge in [-0.1, -0.05) is 0 Å². The molecule has 3 N–H and O–H groups in total. The molecule has 0 radical (unpaired) electrons. The summed E-state index contributed by atoms with van der Waals surface area (Å²) in [4.78, 5) is 12.8. The quantitative estimate of drug-likeness (QED) is 0.512. The standard InChI is InChI=1S/C9H19N3O2/c1-8(13)11-6-9(14)7-12-4-2-10-3-5-12/h9-10,14H,2-7H2,1H3,(H,11,13). The van der Waals surface area contributed by atoms with Gasteiger partial charge in [-0.3, -0.25) is 9.69 Å². The molecule has 1 fully saturated rings. The van der Waals surface area contributed by atoms with Crippen LogP contribution in [0, 0.1) is 0 Å². The number of carbonyl (C=O) groups excluding carboxylic acids is 1. The van der Waals surface area contributed by atoms with Crippen molar-refractivity contribution in [2.75, 3.05) is 39.3 Å². The molecule has 1 amide bonds. The molecule has 0 aliphatic carbocycles. The maximum atomic E-state index is 10.6. The SMILES string of the molecule is CC(=O)NCC(O)CN1CCNCC1. The van der Waals surface area contributed by atoms with Gasteiger partial charge >= 0.3 is 0 Å². The van der Waals surface area contributed by atoms with Crippen LogP contribution in [0.1, 0.15) is 6.92 Å². The molecule has 1 saturated heterocycles. The van der Waals surface area contributed by atoms with Crippen molar-refractivity contribution in [3.05, 3.63) is 0 Å². The van der Waals surface area contributed by atoms with Crippen LogP contribution in [-0.2, 0) is 4.79 Å². The second-order valence-corrected chi connectivity index (χ2v) is 3.64. The molecule has 0 saturated carbocycles. The highest BCUT2D eigenvalue weighted by atomic mass is 16.3. The van der Waals surface area contributed by atoms with E-state index >= 15 is 0 Å². The third kappa shape index (κ3) is 4.55. The number of aliphatic hydroxyl groups excluding tert-OH is 1. The highest BCUT2D eigenvalue weighted by Gasteiger charge is 2.13. The van der Waals surface area contributed by atoms with Crippen LogP contribution in [0.25, 0.3) is 0 Å². The van der Waals surface area contributed by atoms with Gasteiger partial charge in [0.05, 0.1) is 6.10 Å². The van der Waals surface area contributed by atoms with Crippen molar-refractivity contribution in [3.8, 4) is 0 Å². The summed E-state index contributed by atoms with van der Waals surface area (Å²) in [6, 6.07) is 0. The van der Waals surface area contributed by atoms with Gasteiger partial charge in [0.1, 0.15) is 0 Å². The molecule has 5 nitrogen and oxygen atoms in total. The average molecular weight is 201 g/mol. The minimum absolute atomic E-state index is 0.0932. The van der Waals surface area contributed by atoms with Crippen LogP contribution < -0.4 is 10.6 Å². The molecule has 0 aromatic heterocycles. The van der Waals surface area contributed by atoms with E-state index < -0.39 is 6.10 Å². The van der Waals surface area contributed by atoms with Gasteiger partial charge in [0.15, 0.2) is 0 Å². The summed E-state index contributed by atoms with van der Waals surface area (Å²) in [6.45, 7) is 6.34. The van der Waals surface area contributed by atoms with E-state index in [0.717, 1.165) is 26.2 Å². The zero-order valence-electron chi connectivity index (χ0n) is 8.62. The first kappa shape index (κ1) is 11.4. The van der Waals surface area contributed by atoms with Crippen LogP contribution >= 0.6 is 0 Å². The minimum Gasteiger partial charge on any atom is -0.390 e. The first-order chi connectivity index (χ1) is 6.68. The average Bonchev–Trinajstić information content (AvgIpc) is 2.16. The number of nitrogens with zero attached hydrogens (tertiary/aromatic N) is 1. The van der Waals surface area contributed by atoms with Gasteiger partial charge < -0.3 is 15.7 Å². The van der Waals surface area contributed by atoms with E-state index in [0.29, 0.717) is 13.1 Å². The number of aliphatic hydroxyl groups is 1. The van der Waals surface area contributed by atoms with Crippen molar-refractivity contribution in [1.82, 2.24) is 15.5 Å². The molecular weight excluding hydrogens is 182 g/mol. The molecule has 82 valence electrons. The maximum Gasteiger partial charge on any atom is 0.216 e. The van der Waals surface area contributed by atoms with Gasteiger partial charge in [-0.05, 0) is 0 Å². The van der Waals surface area contributed by atoms with Gasteiger partial charge in [0, 0.05) is 46.2 Å². The second kappa shape index (κ2) is 5.95. The summed E-state index contributed by atoms with van der Waals surface area (Å²) >= 11 is 0. The maximum absolute atomic E-state index is 10.6. The van der Waals surface area contributed by atoms with E-state index in [1.165, 1.54) is 6.92 Å². The first-order valence-corrected chi connectivity index (χ1v) is 5.04. The van der Waals surface area contributed by atoms with Crippen LogP contribution in [0.15, 0.2) is 0 Å². The fourth-order valence-corrected chi connectivity index (χ4v) is 1.52. The number of hydrogen-bond acceptors (Lipinski definition) is 4. The largest absolute Gasteiger partial charge is 0.390 e. The fraction of sp³-hybridized carbons (Fsp3) is 0.889. The molecule has 5 heteroatoms. The number of β-amino-alcohol motifs (C(OH)–C–C–N with tert-alkyl or cyclic N) is 1. The van der Waals surface area contributed by atoms with E-state index in [1.54, 1.807) is 0 Å². The smallest absolute Gasteiger partial charge is 0.216 e. The third-order valence-corrected chi connectivity index (χ3v) is 2.27. The molecule has 1 aliphatic rings. The predicted octanol–water partition coefficient (Wildman–Crippen LogP) is -1.61. The lowest BCUT2D eigenvalue weighted by atomic mass is 10.3. The molecule has 1 aliphatic heterocycles. The Morgan fingerprint density at radius 1 is 1.57 bits per heavy atom. The molecular formula is C9H19N3O2. The third-order valence-electron chi connectivity index (χ3n) is 2.27. The van der Waals surface area contributed by atoms with E-state index in [-0.39, 0.29) is 5.91 Å². The topological polar surface area (TPSA) is 64.6 Å². The lowest BCUT2D eigenvalue weighted by molar-refractivity contribution is -0.119. The lowest BCUT2D eigenvalue weighted by Gasteiger charge is -2.29. The van der Waals surface area contributed by atoms with Gasteiger partial charge in [-0.15, -0.1) is 0 Å². The van der Waals surface area contributed by atoms with Crippen molar-refractivity contribution < 1.29 is 9.90 Å². The number of carbonyl (C=O) groups is 1. The van der Waals surface area contributed by atoms with Crippen molar-refractivity contribution in [2.45, 2.75) is 13.0 Å². The Hall–Kier alpha value is -0.650. The fourth-order valence-electron chi connectivity index (χ4n) is 1.52. The van der Waals surface area contributed by atoms with Crippen LogP contribution in [0.2, 0.25) is 0 Å². The van der Waals surface area contributed by atoms with Crippen molar-refractivity contribution in [1.29, 1.82) is 0 Å². The number of amides is 1. The predicted molar refractivity (Wildman–Crippen MR) is 54.0 cm³/mol. The Labute approximate surface area is 84.5 Å². The molecule has 1 heterocycles. The number of hydrogen-bond donors (Lipinski definition) is 3. The highest BCUT2D eigenvalue weighted by molar-refractivity contribution is 5.72. The van der Waals surface area contributed by atoms with Gasteiger partial charge in [0.25, 0.3) is 0 Å². The second-order valence-electron chi connectivity index (χ2n) is 3.64. The molecule has 0 aromatic rings. The van der Waals surface area contributed by atoms with Crippen LogP contribution in [-0.4, -0.2) is 61.3 Å². The zero-order valence-corrected chi connectivity index (χ0v) is 8.62. The van der Waals surface area contributed by atoms with Gasteiger partial charge in [0.2, 0.25) is 5.91 Å². The number of rotatable bonds is 4. The Morgan fingerprint density at radius 3 is 2.79 bits per heavy atom. The summed E-state index contributed by atoms with van der Waals surface area (Å²) < 4.78 is 0. The Bertz CT molecular complexity index is 181. The molecule has 0 bridgehead atoms. The van der Waals surface area contributed by atoms with E-state index in [4.69, 9.17) is 0 Å². The number of nitrogens with one attached hydrogen (secondary N) is 2. The lowest BCUT2D eigenvalue weighted by Crippen LogP contribution is -2.48.